The van der Waals surface area contributed by atoms with Gasteiger partial charge in [-0.25, -0.2) is 0 Å². The lowest BCUT2D eigenvalue weighted by Gasteiger charge is -2.27. The van der Waals surface area contributed by atoms with Crippen molar-refractivity contribution in [2.45, 2.75) is 25.8 Å². The van der Waals surface area contributed by atoms with Crippen LogP contribution in [-0.2, 0) is 4.79 Å². The molecule has 1 unspecified atom stereocenters. The van der Waals surface area contributed by atoms with Crippen molar-refractivity contribution in [3.05, 3.63) is 28.3 Å². The summed E-state index contributed by atoms with van der Waals surface area (Å²) >= 11 is 0. The first-order valence-electron chi connectivity index (χ1n) is 5.42. The van der Waals surface area contributed by atoms with Crippen LogP contribution in [-0.4, -0.2) is 16.4 Å². The summed E-state index contributed by atoms with van der Waals surface area (Å²) in [6.45, 7) is 3.45. The SMILES string of the molecule is CCC(C)(Nc1ccc([N+](=O)[O-])cc1N)C(N)=O. The molecule has 5 N–H and O–H groups in total. The second kappa shape index (κ2) is 4.91. The molecule has 1 aromatic carbocycles. The van der Waals surface area contributed by atoms with Crippen LogP contribution in [0.1, 0.15) is 20.3 Å². The average molecular weight is 252 g/mol. The number of hydrogen-bond acceptors (Lipinski definition) is 5. The summed E-state index contributed by atoms with van der Waals surface area (Å²) in [7, 11) is 0. The van der Waals surface area contributed by atoms with Gasteiger partial charge in [0.05, 0.1) is 16.3 Å². The lowest BCUT2D eigenvalue weighted by molar-refractivity contribution is -0.384. The van der Waals surface area contributed by atoms with Crippen molar-refractivity contribution in [2.24, 2.45) is 5.73 Å². The fraction of sp³-hybridized carbons (Fsp3) is 0.364. The number of nitrogens with two attached hydrogens (primary N) is 2. The number of nitrogens with one attached hydrogen (secondary N) is 1. The van der Waals surface area contributed by atoms with Gasteiger partial charge >= 0.3 is 0 Å². The molecule has 0 heterocycles. The van der Waals surface area contributed by atoms with E-state index >= 15 is 0 Å². The molecule has 18 heavy (non-hydrogen) atoms. The number of benzene rings is 1. The van der Waals surface area contributed by atoms with E-state index in [0.29, 0.717) is 12.1 Å². The molecule has 0 aliphatic rings. The minimum absolute atomic E-state index is 0.102. The Hall–Kier alpha value is -2.31. The topological polar surface area (TPSA) is 124 Å². The van der Waals surface area contributed by atoms with E-state index in [4.69, 9.17) is 11.5 Å². The number of nitro benzene ring substituents is 1. The van der Waals surface area contributed by atoms with E-state index < -0.39 is 16.4 Å². The fourth-order valence-electron chi connectivity index (χ4n) is 1.40. The van der Waals surface area contributed by atoms with E-state index in [0.717, 1.165) is 0 Å². The number of hydrogen-bond donors (Lipinski definition) is 3. The largest absolute Gasteiger partial charge is 0.397 e. The van der Waals surface area contributed by atoms with Crippen LogP contribution in [0.5, 0.6) is 0 Å². The molecule has 0 radical (unpaired) electrons. The maximum absolute atomic E-state index is 11.4. The number of primary amides is 1. The molecule has 1 atom stereocenters. The number of rotatable bonds is 5. The van der Waals surface area contributed by atoms with Gasteiger partial charge in [-0.3, -0.25) is 14.9 Å². The number of anilines is 2. The van der Waals surface area contributed by atoms with Crippen molar-refractivity contribution in [2.75, 3.05) is 11.1 Å². The van der Waals surface area contributed by atoms with Gasteiger partial charge in [0.25, 0.3) is 5.69 Å². The number of non-ortho nitro benzene ring substituents is 1. The zero-order chi connectivity index (χ0) is 13.9. The van der Waals surface area contributed by atoms with E-state index in [1.807, 2.05) is 0 Å². The number of carbonyl (C=O) groups excluding carboxylic acids is 1. The zero-order valence-electron chi connectivity index (χ0n) is 10.3. The van der Waals surface area contributed by atoms with E-state index in [-0.39, 0.29) is 11.4 Å². The van der Waals surface area contributed by atoms with Crippen LogP contribution in [0.15, 0.2) is 18.2 Å². The van der Waals surface area contributed by atoms with Crippen LogP contribution in [0.25, 0.3) is 0 Å². The van der Waals surface area contributed by atoms with Gasteiger partial charge in [-0.2, -0.15) is 0 Å². The summed E-state index contributed by atoms with van der Waals surface area (Å²) in [5, 5.41) is 13.5. The van der Waals surface area contributed by atoms with Gasteiger partial charge in [0.15, 0.2) is 0 Å². The van der Waals surface area contributed by atoms with E-state index in [2.05, 4.69) is 5.32 Å². The maximum atomic E-state index is 11.4. The molecule has 0 aliphatic heterocycles. The normalized spacial score (nSPS) is 13.7. The van der Waals surface area contributed by atoms with Crippen LogP contribution >= 0.6 is 0 Å². The predicted octanol–water partition coefficient (Wildman–Crippen LogP) is 1.24. The number of nitrogen functional groups attached to an aromatic ring is 1. The molecule has 0 bridgehead atoms. The number of nitrogens with zero attached hydrogens (tertiary/aromatic N) is 1. The highest BCUT2D eigenvalue weighted by Crippen LogP contribution is 2.27. The summed E-state index contributed by atoms with van der Waals surface area (Å²) in [5.74, 6) is -0.511. The van der Waals surface area contributed by atoms with E-state index in [9.17, 15) is 14.9 Å². The Morgan fingerprint density at radius 1 is 1.56 bits per heavy atom. The number of amides is 1. The highest BCUT2D eigenvalue weighted by molar-refractivity contribution is 5.88. The molecular weight excluding hydrogens is 236 g/mol. The van der Waals surface area contributed by atoms with Crippen molar-refractivity contribution < 1.29 is 9.72 Å². The lowest BCUT2D eigenvalue weighted by Crippen LogP contribution is -2.47. The third-order valence-corrected chi connectivity index (χ3v) is 2.91. The molecule has 0 aliphatic carbocycles. The zero-order valence-corrected chi connectivity index (χ0v) is 10.3. The van der Waals surface area contributed by atoms with Gasteiger partial charge in [0, 0.05) is 12.1 Å². The maximum Gasteiger partial charge on any atom is 0.271 e. The first kappa shape index (κ1) is 13.8. The Labute approximate surface area is 104 Å². The summed E-state index contributed by atoms with van der Waals surface area (Å²) in [4.78, 5) is 21.4. The fourth-order valence-corrected chi connectivity index (χ4v) is 1.40. The molecule has 0 fully saturated rings. The minimum atomic E-state index is -0.940. The molecule has 1 aromatic rings. The van der Waals surface area contributed by atoms with Gasteiger partial charge in [-0.1, -0.05) is 6.92 Å². The van der Waals surface area contributed by atoms with Crippen LogP contribution < -0.4 is 16.8 Å². The minimum Gasteiger partial charge on any atom is -0.397 e. The number of carbonyl (C=O) groups is 1. The smallest absolute Gasteiger partial charge is 0.271 e. The first-order valence-corrected chi connectivity index (χ1v) is 5.42. The highest BCUT2D eigenvalue weighted by Gasteiger charge is 2.29. The molecule has 7 heteroatoms. The van der Waals surface area contributed by atoms with Crippen LogP contribution in [0.3, 0.4) is 0 Å². The predicted molar refractivity (Wildman–Crippen MR) is 69.0 cm³/mol. The van der Waals surface area contributed by atoms with Crippen molar-refractivity contribution >= 4 is 23.0 Å². The first-order chi connectivity index (χ1) is 8.30. The van der Waals surface area contributed by atoms with Gasteiger partial charge in [0.2, 0.25) is 5.91 Å². The van der Waals surface area contributed by atoms with Gasteiger partial charge in [-0.05, 0) is 19.4 Å². The van der Waals surface area contributed by atoms with Crippen LogP contribution in [0.4, 0.5) is 17.1 Å². The highest BCUT2D eigenvalue weighted by atomic mass is 16.6. The Balaban J connectivity index is 3.05. The Morgan fingerprint density at radius 3 is 2.56 bits per heavy atom. The summed E-state index contributed by atoms with van der Waals surface area (Å²) in [5.41, 5.74) is 10.6. The van der Waals surface area contributed by atoms with Gasteiger partial charge in [0.1, 0.15) is 5.54 Å². The quantitative estimate of drug-likeness (QED) is 0.413. The Kier molecular flexibility index (Phi) is 3.75. The molecule has 98 valence electrons. The van der Waals surface area contributed by atoms with Crippen LogP contribution in [0.2, 0.25) is 0 Å². The van der Waals surface area contributed by atoms with Crippen molar-refractivity contribution in [3.63, 3.8) is 0 Å². The van der Waals surface area contributed by atoms with Crippen molar-refractivity contribution in [1.29, 1.82) is 0 Å². The molecular formula is C11H16N4O3. The van der Waals surface area contributed by atoms with Gasteiger partial charge < -0.3 is 16.8 Å². The molecule has 7 nitrogen and oxygen atoms in total. The number of nitro groups is 1. The Morgan fingerprint density at radius 2 is 2.17 bits per heavy atom. The lowest BCUT2D eigenvalue weighted by atomic mass is 9.97. The average Bonchev–Trinajstić information content (AvgIpc) is 2.31. The molecule has 0 saturated heterocycles. The Bertz CT molecular complexity index is 489. The second-order valence-corrected chi connectivity index (χ2v) is 4.20. The molecule has 1 amide bonds. The molecule has 1 rings (SSSR count). The molecule has 0 saturated carbocycles. The monoisotopic (exact) mass is 252 g/mol. The van der Waals surface area contributed by atoms with E-state index in [1.54, 1.807) is 13.8 Å². The van der Waals surface area contributed by atoms with Crippen LogP contribution in [0, 0.1) is 10.1 Å². The third kappa shape index (κ3) is 2.68. The standard InChI is InChI=1S/C11H16N4O3/c1-3-11(2,10(13)16)14-9-5-4-7(15(17)18)6-8(9)12/h4-6,14H,3,12H2,1-2H3,(H2,13,16). The summed E-state index contributed by atoms with van der Waals surface area (Å²) in [6, 6.07) is 4.01. The molecule has 0 aromatic heterocycles. The molecule has 0 spiro atoms. The van der Waals surface area contributed by atoms with Crippen molar-refractivity contribution in [3.8, 4) is 0 Å². The third-order valence-electron chi connectivity index (χ3n) is 2.91. The van der Waals surface area contributed by atoms with Crippen molar-refractivity contribution in [1.82, 2.24) is 0 Å². The second-order valence-electron chi connectivity index (χ2n) is 4.20. The summed E-state index contributed by atoms with van der Waals surface area (Å²) < 4.78 is 0. The van der Waals surface area contributed by atoms with E-state index in [1.165, 1.54) is 18.2 Å². The van der Waals surface area contributed by atoms with Gasteiger partial charge in [-0.15, -0.1) is 0 Å². The summed E-state index contributed by atoms with van der Waals surface area (Å²) in [6.07, 6.45) is 0.471.